The molecule has 0 unspecified atom stereocenters. The molecule has 3 nitrogen and oxygen atoms in total. The van der Waals surface area contributed by atoms with Gasteiger partial charge in [-0.15, -0.1) is 0 Å². The molecule has 0 aromatic carbocycles. The van der Waals surface area contributed by atoms with E-state index in [0.29, 0.717) is 24.7 Å². The third kappa shape index (κ3) is 1.84. The fraction of sp³-hybridized carbons (Fsp3) is 0.889. The molecule has 68 valence electrons. The lowest BCUT2D eigenvalue weighted by Gasteiger charge is -2.31. The summed E-state index contributed by atoms with van der Waals surface area (Å²) in [5, 5.41) is 0. The highest BCUT2D eigenvalue weighted by Crippen LogP contribution is 2.23. The molecule has 0 spiro atoms. The molecule has 0 atom stereocenters. The van der Waals surface area contributed by atoms with E-state index >= 15 is 0 Å². The van der Waals surface area contributed by atoms with Gasteiger partial charge in [0.25, 0.3) is 0 Å². The van der Waals surface area contributed by atoms with E-state index in [1.54, 1.807) is 0 Å². The topological polar surface area (TPSA) is 35.5 Å². The van der Waals surface area contributed by atoms with Crippen LogP contribution < -0.4 is 0 Å². The minimum absolute atomic E-state index is 0.223. The molecule has 0 amide bonds. The summed E-state index contributed by atoms with van der Waals surface area (Å²) in [6.45, 7) is 1.62. The maximum atomic E-state index is 10.6. The average molecular weight is 170 g/mol. The Morgan fingerprint density at radius 3 is 2.42 bits per heavy atom. The van der Waals surface area contributed by atoms with Crippen molar-refractivity contribution in [3.05, 3.63) is 0 Å². The quantitative estimate of drug-likeness (QED) is 0.618. The van der Waals surface area contributed by atoms with Gasteiger partial charge in [0.05, 0.1) is 12.2 Å². The lowest BCUT2D eigenvalue weighted by molar-refractivity contribution is -0.142. The highest BCUT2D eigenvalue weighted by atomic mass is 16.5. The molecule has 1 heterocycles. The molecule has 12 heavy (non-hydrogen) atoms. The number of rotatable bonds is 2. The molecular formula is C9H14O3. The van der Waals surface area contributed by atoms with Crippen LogP contribution in [0.1, 0.15) is 25.7 Å². The predicted octanol–water partition coefficient (Wildman–Crippen LogP) is 0.913. The monoisotopic (exact) mass is 170 g/mol. The van der Waals surface area contributed by atoms with E-state index in [1.165, 1.54) is 0 Å². The van der Waals surface area contributed by atoms with E-state index < -0.39 is 0 Å². The summed E-state index contributed by atoms with van der Waals surface area (Å²) >= 11 is 0. The van der Waals surface area contributed by atoms with Gasteiger partial charge in [-0.2, -0.15) is 0 Å². The first-order valence-corrected chi connectivity index (χ1v) is 4.59. The molecule has 0 aromatic heterocycles. The molecule has 0 N–H and O–H groups in total. The van der Waals surface area contributed by atoms with E-state index in [9.17, 15) is 4.79 Å². The predicted molar refractivity (Wildman–Crippen MR) is 43.0 cm³/mol. The van der Waals surface area contributed by atoms with Crippen molar-refractivity contribution < 1.29 is 14.3 Å². The van der Waals surface area contributed by atoms with Crippen LogP contribution in [0, 0.1) is 0 Å². The maximum absolute atomic E-state index is 10.6. The van der Waals surface area contributed by atoms with Crippen molar-refractivity contribution in [2.45, 2.75) is 37.9 Å². The SMILES string of the molecule is O=C1CC(OC2CCOCC2)C1. The summed E-state index contributed by atoms with van der Waals surface area (Å²) in [5.41, 5.74) is 0. The molecule has 0 aromatic rings. The number of ketones is 1. The molecule has 1 saturated carbocycles. The smallest absolute Gasteiger partial charge is 0.138 e. The molecule has 3 heteroatoms. The van der Waals surface area contributed by atoms with Crippen LogP contribution in [0.3, 0.4) is 0 Å². The molecule has 0 radical (unpaired) electrons. The fourth-order valence-corrected chi connectivity index (χ4v) is 1.63. The second kappa shape index (κ2) is 3.54. The van der Waals surface area contributed by atoms with Crippen molar-refractivity contribution in [2.75, 3.05) is 13.2 Å². The summed E-state index contributed by atoms with van der Waals surface area (Å²) in [5.74, 6) is 0.340. The second-order valence-corrected chi connectivity index (χ2v) is 3.52. The molecule has 2 aliphatic rings. The number of Topliss-reactive ketones (excluding diaryl/α,β-unsaturated/α-hetero) is 1. The Bertz CT molecular complexity index is 165. The van der Waals surface area contributed by atoms with Gasteiger partial charge < -0.3 is 9.47 Å². The molecule has 1 aliphatic heterocycles. The Morgan fingerprint density at radius 1 is 1.17 bits per heavy atom. The Morgan fingerprint density at radius 2 is 1.83 bits per heavy atom. The van der Waals surface area contributed by atoms with Crippen LogP contribution in [0.4, 0.5) is 0 Å². The van der Waals surface area contributed by atoms with Crippen LogP contribution in [0.5, 0.6) is 0 Å². The summed E-state index contributed by atoms with van der Waals surface area (Å²) in [7, 11) is 0. The van der Waals surface area contributed by atoms with Gasteiger partial charge in [0, 0.05) is 26.1 Å². The highest BCUT2D eigenvalue weighted by Gasteiger charge is 2.30. The van der Waals surface area contributed by atoms with Gasteiger partial charge in [-0.05, 0) is 12.8 Å². The van der Waals surface area contributed by atoms with Crippen molar-refractivity contribution in [2.24, 2.45) is 0 Å². The summed E-state index contributed by atoms with van der Waals surface area (Å²) < 4.78 is 10.9. The normalized spacial score (nSPS) is 27.2. The van der Waals surface area contributed by atoms with Crippen LogP contribution in [-0.4, -0.2) is 31.2 Å². The number of ether oxygens (including phenoxy) is 2. The van der Waals surface area contributed by atoms with Crippen molar-refractivity contribution in [1.82, 2.24) is 0 Å². The zero-order chi connectivity index (χ0) is 8.39. The van der Waals surface area contributed by atoms with E-state index in [1.807, 2.05) is 0 Å². The molecule has 2 fully saturated rings. The minimum atomic E-state index is 0.223. The van der Waals surface area contributed by atoms with Crippen molar-refractivity contribution in [3.63, 3.8) is 0 Å². The van der Waals surface area contributed by atoms with E-state index in [4.69, 9.17) is 9.47 Å². The van der Waals surface area contributed by atoms with Gasteiger partial charge >= 0.3 is 0 Å². The van der Waals surface area contributed by atoms with E-state index in [-0.39, 0.29) is 6.10 Å². The second-order valence-electron chi connectivity index (χ2n) is 3.52. The summed E-state index contributed by atoms with van der Waals surface area (Å²) in [6, 6.07) is 0. The standard InChI is InChI=1S/C9H14O3/c10-7-5-9(6-7)12-8-1-3-11-4-2-8/h8-9H,1-6H2. The molecule has 2 rings (SSSR count). The van der Waals surface area contributed by atoms with Gasteiger partial charge in [-0.1, -0.05) is 0 Å². The first-order valence-electron chi connectivity index (χ1n) is 4.59. The average Bonchev–Trinajstić information content (AvgIpc) is 2.04. The number of carbonyl (C=O) groups is 1. The maximum Gasteiger partial charge on any atom is 0.138 e. The first kappa shape index (κ1) is 8.20. The van der Waals surface area contributed by atoms with Crippen LogP contribution in [-0.2, 0) is 14.3 Å². The first-order chi connectivity index (χ1) is 5.84. The van der Waals surface area contributed by atoms with Crippen LogP contribution in [0.25, 0.3) is 0 Å². The number of hydrogen-bond acceptors (Lipinski definition) is 3. The van der Waals surface area contributed by atoms with Crippen LogP contribution >= 0.6 is 0 Å². The zero-order valence-electron chi connectivity index (χ0n) is 7.12. The zero-order valence-corrected chi connectivity index (χ0v) is 7.12. The number of carbonyl (C=O) groups excluding carboxylic acids is 1. The van der Waals surface area contributed by atoms with Crippen LogP contribution in [0.2, 0.25) is 0 Å². The van der Waals surface area contributed by atoms with Crippen molar-refractivity contribution in [1.29, 1.82) is 0 Å². The Kier molecular flexibility index (Phi) is 2.42. The van der Waals surface area contributed by atoms with Crippen molar-refractivity contribution >= 4 is 5.78 Å². The van der Waals surface area contributed by atoms with Gasteiger partial charge in [-0.3, -0.25) is 4.79 Å². The third-order valence-electron chi connectivity index (χ3n) is 2.46. The largest absolute Gasteiger partial charge is 0.381 e. The van der Waals surface area contributed by atoms with E-state index in [2.05, 4.69) is 0 Å². The van der Waals surface area contributed by atoms with E-state index in [0.717, 1.165) is 26.1 Å². The Hall–Kier alpha value is -0.410. The lowest BCUT2D eigenvalue weighted by Crippen LogP contribution is -2.36. The highest BCUT2D eigenvalue weighted by molar-refractivity contribution is 5.85. The summed E-state index contributed by atoms with van der Waals surface area (Å²) in [4.78, 5) is 10.6. The number of hydrogen-bond donors (Lipinski definition) is 0. The van der Waals surface area contributed by atoms with Gasteiger partial charge in [-0.25, -0.2) is 0 Å². The third-order valence-corrected chi connectivity index (χ3v) is 2.46. The van der Waals surface area contributed by atoms with Crippen LogP contribution in [0.15, 0.2) is 0 Å². The molecule has 1 saturated heterocycles. The fourth-order valence-electron chi connectivity index (χ4n) is 1.63. The lowest BCUT2D eigenvalue weighted by atomic mass is 9.94. The Labute approximate surface area is 72.0 Å². The van der Waals surface area contributed by atoms with Crippen molar-refractivity contribution in [3.8, 4) is 0 Å². The minimum Gasteiger partial charge on any atom is -0.381 e. The van der Waals surface area contributed by atoms with Gasteiger partial charge in [0.1, 0.15) is 5.78 Å². The van der Waals surface area contributed by atoms with Gasteiger partial charge in [0.15, 0.2) is 0 Å². The molecule has 1 aliphatic carbocycles. The molecule has 0 bridgehead atoms. The molecular weight excluding hydrogens is 156 g/mol. The Balaban J connectivity index is 1.68. The summed E-state index contributed by atoms with van der Waals surface area (Å²) in [6.07, 6.45) is 3.82. The van der Waals surface area contributed by atoms with Gasteiger partial charge in [0.2, 0.25) is 0 Å².